The molecule has 2 atom stereocenters. The van der Waals surface area contributed by atoms with Gasteiger partial charge in [-0.15, -0.1) is 11.3 Å². The summed E-state index contributed by atoms with van der Waals surface area (Å²) >= 11 is 1.07. The second kappa shape index (κ2) is 12.6. The van der Waals surface area contributed by atoms with E-state index in [1.54, 1.807) is 6.07 Å². The number of anilines is 1. The van der Waals surface area contributed by atoms with Gasteiger partial charge in [-0.1, -0.05) is 6.07 Å². The smallest absolute Gasteiger partial charge is 0.367 e. The van der Waals surface area contributed by atoms with E-state index in [9.17, 15) is 18.4 Å². The molecule has 234 valence electrons. The quantitative estimate of drug-likeness (QED) is 0.261. The lowest BCUT2D eigenvalue weighted by molar-refractivity contribution is -0.126. The van der Waals surface area contributed by atoms with Gasteiger partial charge in [-0.2, -0.15) is 18.4 Å². The number of likely N-dealkylation sites (tertiary alicyclic amines) is 1. The first-order chi connectivity index (χ1) is 21.1. The summed E-state index contributed by atoms with van der Waals surface area (Å²) in [7, 11) is 0. The molecule has 0 aliphatic carbocycles. The van der Waals surface area contributed by atoms with Crippen LogP contribution in [0.2, 0.25) is 0 Å². The Balaban J connectivity index is 1.10. The van der Waals surface area contributed by atoms with Crippen LogP contribution in [0.4, 0.5) is 19.0 Å². The van der Waals surface area contributed by atoms with E-state index < -0.39 is 12.6 Å². The number of aromatic nitrogens is 3. The molecule has 0 amide bonds. The zero-order valence-corrected chi connectivity index (χ0v) is 26.2. The van der Waals surface area contributed by atoms with Gasteiger partial charge in [0, 0.05) is 79.7 Å². The molecule has 0 saturated carbocycles. The Morgan fingerprint density at radius 1 is 1.16 bits per heavy atom. The van der Waals surface area contributed by atoms with Crippen molar-refractivity contribution in [1.82, 2.24) is 29.7 Å². The van der Waals surface area contributed by atoms with Crippen molar-refractivity contribution < 1.29 is 13.2 Å². The molecular formula is C32H39F3N8S. The van der Waals surface area contributed by atoms with Crippen LogP contribution in [0.25, 0.3) is 21.1 Å². The fourth-order valence-electron chi connectivity index (χ4n) is 6.70. The van der Waals surface area contributed by atoms with Crippen molar-refractivity contribution in [1.29, 1.82) is 5.26 Å². The molecule has 4 aromatic rings. The molecular weight excluding hydrogens is 585 g/mol. The Labute approximate surface area is 259 Å². The van der Waals surface area contributed by atoms with Crippen LogP contribution in [0.15, 0.2) is 30.6 Å². The Bertz CT molecular complexity index is 1660. The van der Waals surface area contributed by atoms with Crippen LogP contribution in [0, 0.1) is 18.3 Å². The molecule has 44 heavy (non-hydrogen) atoms. The molecule has 0 bridgehead atoms. The Morgan fingerprint density at radius 3 is 2.68 bits per heavy atom. The minimum Gasteiger partial charge on any atom is -0.367 e. The number of nitrogens with one attached hydrogen (secondary N) is 2. The molecule has 2 fully saturated rings. The number of benzene rings is 1. The molecule has 1 aromatic carbocycles. The molecule has 3 aromatic heterocycles. The fraction of sp³-hybridized carbons (Fsp3) is 0.531. The standard InChI is InChI=1S/C32H39F3N8S/c1-20-16-42(11-8-37-20)21(2)17-43-25(15-36)12-27-22(3)23(4-5-29(27)43)18-41-9-6-24(7-10-41)40-30-28-13-26(14-32(33,34)35)44-31(28)39-19-38-30/h4-5,12-13,19-21,24,37H,6-11,14,16-18H2,1-3H3,(H,38,39,40)/t20-,21-/m1/s1. The Hall–Kier alpha value is -3.24. The second-order valence-corrected chi connectivity index (χ2v) is 13.5. The number of piperazine rings is 1. The average Bonchev–Trinajstić information content (AvgIpc) is 3.56. The van der Waals surface area contributed by atoms with Crippen LogP contribution in [0.5, 0.6) is 0 Å². The van der Waals surface area contributed by atoms with Crippen molar-refractivity contribution in [3.8, 4) is 6.07 Å². The summed E-state index contributed by atoms with van der Waals surface area (Å²) in [6.07, 6.45) is -1.96. The van der Waals surface area contributed by atoms with E-state index in [1.165, 1.54) is 17.5 Å². The van der Waals surface area contributed by atoms with Crippen LogP contribution in [0.1, 0.15) is 48.4 Å². The molecule has 2 N–H and O–H groups in total. The maximum absolute atomic E-state index is 12.9. The van der Waals surface area contributed by atoms with Crippen molar-refractivity contribution in [2.75, 3.05) is 38.0 Å². The number of hydrogen-bond acceptors (Lipinski definition) is 8. The van der Waals surface area contributed by atoms with Gasteiger partial charge in [0.25, 0.3) is 0 Å². The molecule has 5 heterocycles. The SMILES string of the molecule is Cc1c(CN2CCC(Nc3ncnc4sc(CC(F)(F)F)cc34)CC2)ccc2c1cc(C#N)n2C[C@@H](C)N1CCN[C@H](C)C1. The minimum absolute atomic E-state index is 0.187. The third-order valence-corrected chi connectivity index (χ3v) is 10.2. The summed E-state index contributed by atoms with van der Waals surface area (Å²) in [5, 5.41) is 18.8. The lowest BCUT2D eigenvalue weighted by atomic mass is 10.0. The highest BCUT2D eigenvalue weighted by Crippen LogP contribution is 2.33. The average molecular weight is 625 g/mol. The van der Waals surface area contributed by atoms with Gasteiger partial charge in [0.05, 0.1) is 11.8 Å². The van der Waals surface area contributed by atoms with E-state index in [-0.39, 0.29) is 10.9 Å². The van der Waals surface area contributed by atoms with E-state index in [1.807, 2.05) is 6.07 Å². The highest BCUT2D eigenvalue weighted by molar-refractivity contribution is 7.18. The number of nitrogens with zero attached hydrogens (tertiary/aromatic N) is 6. The van der Waals surface area contributed by atoms with Crippen molar-refractivity contribution in [3.63, 3.8) is 0 Å². The molecule has 2 saturated heterocycles. The number of alkyl halides is 3. The topological polar surface area (TPSA) is 85.0 Å². The summed E-state index contributed by atoms with van der Waals surface area (Å²) in [6.45, 7) is 13.1. The summed E-state index contributed by atoms with van der Waals surface area (Å²) in [5.74, 6) is 0.609. The lowest BCUT2D eigenvalue weighted by Crippen LogP contribution is -2.53. The molecule has 0 spiro atoms. The molecule has 0 radical (unpaired) electrons. The summed E-state index contributed by atoms with van der Waals surface area (Å²) in [5.41, 5.74) is 4.31. The van der Waals surface area contributed by atoms with Crippen LogP contribution >= 0.6 is 11.3 Å². The number of piperidine rings is 1. The normalized spacial score (nSPS) is 19.9. The van der Waals surface area contributed by atoms with E-state index in [2.05, 4.69) is 73.9 Å². The maximum atomic E-state index is 12.9. The van der Waals surface area contributed by atoms with Gasteiger partial charge >= 0.3 is 6.18 Å². The first-order valence-electron chi connectivity index (χ1n) is 15.4. The Morgan fingerprint density at radius 2 is 1.95 bits per heavy atom. The van der Waals surface area contributed by atoms with Crippen molar-refractivity contribution in [2.24, 2.45) is 0 Å². The van der Waals surface area contributed by atoms with E-state index in [4.69, 9.17) is 0 Å². The number of thiophene rings is 1. The number of nitriles is 1. The highest BCUT2D eigenvalue weighted by atomic mass is 32.1. The van der Waals surface area contributed by atoms with Gasteiger partial charge in [-0.05, 0) is 62.9 Å². The number of halogens is 3. The highest BCUT2D eigenvalue weighted by Gasteiger charge is 2.29. The minimum atomic E-state index is -4.25. The van der Waals surface area contributed by atoms with Gasteiger partial charge in [0.15, 0.2) is 0 Å². The van der Waals surface area contributed by atoms with Gasteiger partial charge in [-0.25, -0.2) is 9.97 Å². The summed E-state index contributed by atoms with van der Waals surface area (Å²) in [6, 6.07) is 11.4. The molecule has 0 unspecified atom stereocenters. The Kier molecular flexibility index (Phi) is 8.84. The van der Waals surface area contributed by atoms with Crippen molar-refractivity contribution in [2.45, 2.75) is 77.4 Å². The third kappa shape index (κ3) is 6.71. The predicted octanol–water partition coefficient (Wildman–Crippen LogP) is 5.69. The predicted molar refractivity (Wildman–Crippen MR) is 169 cm³/mol. The van der Waals surface area contributed by atoms with E-state index in [0.717, 1.165) is 80.9 Å². The van der Waals surface area contributed by atoms with Crippen molar-refractivity contribution >= 4 is 38.3 Å². The number of rotatable bonds is 8. The first-order valence-corrected chi connectivity index (χ1v) is 16.2. The van der Waals surface area contributed by atoms with Gasteiger partial charge in [0.1, 0.15) is 28.7 Å². The van der Waals surface area contributed by atoms with E-state index >= 15 is 0 Å². The molecule has 2 aliphatic heterocycles. The summed E-state index contributed by atoms with van der Waals surface area (Å²) in [4.78, 5) is 14.3. The third-order valence-electron chi connectivity index (χ3n) is 9.13. The van der Waals surface area contributed by atoms with Crippen LogP contribution < -0.4 is 10.6 Å². The molecule has 6 rings (SSSR count). The first kappa shape index (κ1) is 30.8. The maximum Gasteiger partial charge on any atom is 0.393 e. The van der Waals surface area contributed by atoms with Crippen molar-refractivity contribution in [3.05, 3.63) is 52.3 Å². The lowest BCUT2D eigenvalue weighted by Gasteiger charge is -2.36. The van der Waals surface area contributed by atoms with Crippen LogP contribution in [-0.4, -0.2) is 81.4 Å². The van der Waals surface area contributed by atoms with Crippen LogP contribution in [0.3, 0.4) is 0 Å². The second-order valence-electron chi connectivity index (χ2n) is 12.4. The number of hydrogen-bond donors (Lipinski definition) is 2. The van der Waals surface area contributed by atoms with Gasteiger partial charge < -0.3 is 15.2 Å². The largest absolute Gasteiger partial charge is 0.393 e. The molecule has 12 heteroatoms. The van der Waals surface area contributed by atoms with Gasteiger partial charge in [0.2, 0.25) is 0 Å². The zero-order chi connectivity index (χ0) is 31.0. The molecule has 8 nitrogen and oxygen atoms in total. The molecule has 2 aliphatic rings. The number of aryl methyl sites for hydroxylation is 1. The van der Waals surface area contributed by atoms with E-state index in [0.29, 0.717) is 33.8 Å². The summed E-state index contributed by atoms with van der Waals surface area (Å²) < 4.78 is 41.0. The zero-order valence-electron chi connectivity index (χ0n) is 25.4. The van der Waals surface area contributed by atoms with Gasteiger partial charge in [-0.3, -0.25) is 9.80 Å². The monoisotopic (exact) mass is 624 g/mol. The number of fused-ring (bicyclic) bond motifs is 2. The fourth-order valence-corrected chi connectivity index (χ4v) is 7.73. The van der Waals surface area contributed by atoms with Crippen LogP contribution in [-0.2, 0) is 19.5 Å².